The van der Waals surface area contributed by atoms with E-state index in [9.17, 15) is 9.59 Å². The van der Waals surface area contributed by atoms with Gasteiger partial charge in [-0.3, -0.25) is 9.59 Å². The number of methoxy groups -OCH3 is 2. The lowest BCUT2D eigenvalue weighted by atomic mass is 10.0. The Hall–Kier alpha value is -3.63. The van der Waals surface area contributed by atoms with E-state index in [2.05, 4.69) is 5.92 Å². The molecule has 35 heavy (non-hydrogen) atoms. The average molecular weight is 491 g/mol. The third-order valence-corrected chi connectivity index (χ3v) is 6.71. The fraction of sp³-hybridized carbons (Fsp3) is 0.286. The van der Waals surface area contributed by atoms with Crippen LogP contribution in [0.5, 0.6) is 0 Å². The molecule has 0 saturated heterocycles. The summed E-state index contributed by atoms with van der Waals surface area (Å²) >= 11 is 1.48. The highest BCUT2D eigenvalue weighted by Crippen LogP contribution is 2.39. The molecule has 0 heterocycles. The standard InChI is InChI=1S/C28H30N2O4S/c1-6-17-29(21(3)18-27(31)33-4)25-15-16-26(24-10-8-7-9-23(24)25)30(19-28(32)34-5)35-22-13-11-20(2)12-14-22/h1,7-16,21H,17-19H2,2-5H3. The fourth-order valence-corrected chi connectivity index (χ4v) is 4.76. The van der Waals surface area contributed by atoms with E-state index in [1.807, 2.05) is 83.7 Å². The van der Waals surface area contributed by atoms with E-state index in [0.29, 0.717) is 6.54 Å². The quantitative estimate of drug-likeness (QED) is 0.219. The molecule has 0 radical (unpaired) electrons. The van der Waals surface area contributed by atoms with E-state index in [-0.39, 0.29) is 30.9 Å². The molecule has 0 aliphatic carbocycles. The molecular weight excluding hydrogens is 460 g/mol. The van der Waals surface area contributed by atoms with Crippen LogP contribution in [-0.2, 0) is 19.1 Å². The lowest BCUT2D eigenvalue weighted by Crippen LogP contribution is -2.35. The second kappa shape index (κ2) is 12.2. The zero-order valence-electron chi connectivity index (χ0n) is 20.5. The molecule has 0 saturated carbocycles. The van der Waals surface area contributed by atoms with E-state index in [1.165, 1.54) is 31.7 Å². The van der Waals surface area contributed by atoms with Gasteiger partial charge in [0.15, 0.2) is 0 Å². The van der Waals surface area contributed by atoms with Gasteiger partial charge in [-0.25, -0.2) is 0 Å². The van der Waals surface area contributed by atoms with Crippen LogP contribution in [-0.4, -0.2) is 45.3 Å². The molecule has 7 heteroatoms. The van der Waals surface area contributed by atoms with Gasteiger partial charge in [0.1, 0.15) is 6.54 Å². The molecule has 182 valence electrons. The Morgan fingerprint density at radius 3 is 2.14 bits per heavy atom. The number of benzene rings is 3. The number of aryl methyl sites for hydroxylation is 1. The molecule has 0 amide bonds. The lowest BCUT2D eigenvalue weighted by Gasteiger charge is -2.31. The summed E-state index contributed by atoms with van der Waals surface area (Å²) in [5, 5.41) is 1.93. The van der Waals surface area contributed by atoms with Crippen LogP contribution in [0.2, 0.25) is 0 Å². The van der Waals surface area contributed by atoms with E-state index in [4.69, 9.17) is 15.9 Å². The first-order valence-electron chi connectivity index (χ1n) is 11.3. The van der Waals surface area contributed by atoms with E-state index >= 15 is 0 Å². The van der Waals surface area contributed by atoms with Gasteiger partial charge in [0.05, 0.1) is 32.9 Å². The Morgan fingerprint density at radius 1 is 0.943 bits per heavy atom. The number of rotatable bonds is 10. The Bertz CT molecular complexity index is 1220. The fourth-order valence-electron chi connectivity index (χ4n) is 3.82. The van der Waals surface area contributed by atoms with Crippen molar-refractivity contribution >= 4 is 46.0 Å². The van der Waals surface area contributed by atoms with E-state index < -0.39 is 0 Å². The predicted molar refractivity (Wildman–Crippen MR) is 143 cm³/mol. The van der Waals surface area contributed by atoms with Crippen molar-refractivity contribution in [2.75, 3.05) is 36.5 Å². The van der Waals surface area contributed by atoms with Crippen molar-refractivity contribution in [1.29, 1.82) is 0 Å². The summed E-state index contributed by atoms with van der Waals surface area (Å²) in [6.07, 6.45) is 5.90. The number of fused-ring (bicyclic) bond motifs is 1. The van der Waals surface area contributed by atoms with Crippen LogP contribution in [0.15, 0.2) is 65.6 Å². The van der Waals surface area contributed by atoms with Gasteiger partial charge in [0.2, 0.25) is 0 Å². The molecule has 1 unspecified atom stereocenters. The van der Waals surface area contributed by atoms with Crippen LogP contribution in [0.3, 0.4) is 0 Å². The maximum absolute atomic E-state index is 12.3. The lowest BCUT2D eigenvalue weighted by molar-refractivity contribution is -0.141. The summed E-state index contributed by atoms with van der Waals surface area (Å²) in [5.74, 6) is 2.08. The molecule has 0 aliphatic heterocycles. The van der Waals surface area contributed by atoms with Crippen molar-refractivity contribution < 1.29 is 19.1 Å². The third kappa shape index (κ3) is 6.49. The Labute approximate surface area is 211 Å². The van der Waals surface area contributed by atoms with Gasteiger partial charge < -0.3 is 18.7 Å². The Morgan fingerprint density at radius 2 is 1.54 bits per heavy atom. The van der Waals surface area contributed by atoms with Crippen LogP contribution in [0.4, 0.5) is 11.4 Å². The van der Waals surface area contributed by atoms with E-state index in [1.54, 1.807) is 0 Å². The van der Waals surface area contributed by atoms with Gasteiger partial charge in [-0.1, -0.05) is 47.9 Å². The summed E-state index contributed by atoms with van der Waals surface area (Å²) in [5.41, 5.74) is 2.96. The van der Waals surface area contributed by atoms with Crippen molar-refractivity contribution in [3.05, 3.63) is 66.2 Å². The van der Waals surface area contributed by atoms with Crippen LogP contribution < -0.4 is 9.21 Å². The number of anilines is 2. The molecular formula is C28H30N2O4S. The van der Waals surface area contributed by atoms with Gasteiger partial charge in [0.25, 0.3) is 0 Å². The maximum atomic E-state index is 12.3. The summed E-state index contributed by atoms with van der Waals surface area (Å²) < 4.78 is 11.8. The minimum absolute atomic E-state index is 0.0746. The minimum Gasteiger partial charge on any atom is -0.469 e. The Balaban J connectivity index is 2.08. The smallest absolute Gasteiger partial charge is 0.326 e. The van der Waals surface area contributed by atoms with E-state index in [0.717, 1.165) is 27.0 Å². The molecule has 0 aromatic heterocycles. The highest BCUT2D eigenvalue weighted by molar-refractivity contribution is 8.00. The van der Waals surface area contributed by atoms with Crippen LogP contribution >= 0.6 is 11.9 Å². The van der Waals surface area contributed by atoms with Crippen molar-refractivity contribution in [1.82, 2.24) is 0 Å². The van der Waals surface area contributed by atoms with Crippen molar-refractivity contribution in [2.24, 2.45) is 0 Å². The normalized spacial score (nSPS) is 11.4. The van der Waals surface area contributed by atoms with Gasteiger partial charge in [-0.15, -0.1) is 6.42 Å². The minimum atomic E-state index is -0.335. The highest BCUT2D eigenvalue weighted by Gasteiger charge is 2.22. The van der Waals surface area contributed by atoms with Crippen LogP contribution in [0, 0.1) is 19.3 Å². The zero-order valence-corrected chi connectivity index (χ0v) is 21.3. The predicted octanol–water partition coefficient (Wildman–Crippen LogP) is 5.23. The van der Waals surface area contributed by atoms with Gasteiger partial charge >= 0.3 is 11.9 Å². The number of nitrogens with zero attached hydrogens (tertiary/aromatic N) is 2. The summed E-state index contributed by atoms with van der Waals surface area (Å²) in [6, 6.07) is 19.9. The molecule has 1 atom stereocenters. The van der Waals surface area contributed by atoms with Crippen LogP contribution in [0.25, 0.3) is 10.8 Å². The number of terminal acetylenes is 1. The number of ether oxygens (including phenoxy) is 2. The van der Waals surface area contributed by atoms with Gasteiger partial charge in [-0.2, -0.15) is 0 Å². The second-order valence-electron chi connectivity index (χ2n) is 8.13. The topological polar surface area (TPSA) is 59.1 Å². The average Bonchev–Trinajstić information content (AvgIpc) is 2.87. The van der Waals surface area contributed by atoms with Crippen molar-refractivity contribution in [2.45, 2.75) is 31.2 Å². The number of hydrogen-bond acceptors (Lipinski definition) is 7. The molecule has 3 aromatic carbocycles. The number of esters is 2. The summed E-state index contributed by atoms with van der Waals surface area (Å²) in [6.45, 7) is 4.40. The first-order valence-corrected chi connectivity index (χ1v) is 12.0. The maximum Gasteiger partial charge on any atom is 0.326 e. The monoisotopic (exact) mass is 490 g/mol. The molecule has 3 rings (SSSR count). The van der Waals surface area contributed by atoms with Crippen LogP contribution in [0.1, 0.15) is 18.9 Å². The van der Waals surface area contributed by atoms with Gasteiger partial charge in [0, 0.05) is 27.4 Å². The van der Waals surface area contributed by atoms with Crippen molar-refractivity contribution in [3.63, 3.8) is 0 Å². The number of carbonyl (C=O) groups excluding carboxylic acids is 2. The molecule has 0 bridgehead atoms. The molecule has 0 N–H and O–H groups in total. The first-order chi connectivity index (χ1) is 16.9. The van der Waals surface area contributed by atoms with Crippen molar-refractivity contribution in [3.8, 4) is 12.3 Å². The highest BCUT2D eigenvalue weighted by atomic mass is 32.2. The largest absolute Gasteiger partial charge is 0.469 e. The molecule has 0 spiro atoms. The number of hydrogen-bond donors (Lipinski definition) is 0. The molecule has 0 fully saturated rings. The zero-order chi connectivity index (χ0) is 25.4. The Kier molecular flexibility index (Phi) is 9.04. The second-order valence-corrected chi connectivity index (χ2v) is 9.22. The van der Waals surface area contributed by atoms with Gasteiger partial charge in [-0.05, 0) is 50.1 Å². The first kappa shape index (κ1) is 26.0. The molecule has 0 aliphatic rings. The summed E-state index contributed by atoms with van der Waals surface area (Å²) in [7, 11) is 2.77. The third-order valence-electron chi connectivity index (χ3n) is 5.68. The molecule has 3 aromatic rings. The number of carbonyl (C=O) groups is 2. The molecule has 6 nitrogen and oxygen atoms in total. The SMILES string of the molecule is C#CCN(c1ccc(N(CC(=O)OC)Sc2ccc(C)cc2)c2ccccc12)C(C)CC(=O)OC. The summed E-state index contributed by atoms with van der Waals surface area (Å²) in [4.78, 5) is 27.3.